The lowest BCUT2D eigenvalue weighted by atomic mass is 10.2. The zero-order chi connectivity index (χ0) is 17.6. The Balaban J connectivity index is 1.92. The number of benzene rings is 1. The van der Waals surface area contributed by atoms with Crippen molar-refractivity contribution in [3.05, 3.63) is 29.8 Å². The van der Waals surface area contributed by atoms with Crippen LogP contribution in [0.1, 0.15) is 33.3 Å². The number of guanidine groups is 1. The number of nitrogens with zero attached hydrogens (tertiary/aromatic N) is 2. The Bertz CT molecular complexity index is 593. The molecule has 1 amide bonds. The maximum atomic E-state index is 11.6. The van der Waals surface area contributed by atoms with Crippen LogP contribution in [0.2, 0.25) is 0 Å². The number of carbonyl (C=O) groups is 1. The summed E-state index contributed by atoms with van der Waals surface area (Å²) in [6.07, 6.45) is 0.616. The maximum Gasteiger partial charge on any atom is 0.407 e. The number of aliphatic imine (C=N–C) groups is 1. The van der Waals surface area contributed by atoms with E-state index in [-0.39, 0.29) is 0 Å². The van der Waals surface area contributed by atoms with Crippen LogP contribution in [-0.2, 0) is 11.2 Å². The lowest BCUT2D eigenvalue weighted by Crippen LogP contribution is -2.41. The van der Waals surface area contributed by atoms with E-state index in [1.165, 1.54) is 11.3 Å². The van der Waals surface area contributed by atoms with E-state index in [1.54, 1.807) is 0 Å². The Labute approximate surface area is 144 Å². The zero-order valence-corrected chi connectivity index (χ0v) is 15.1. The van der Waals surface area contributed by atoms with Gasteiger partial charge in [-0.1, -0.05) is 18.2 Å². The number of para-hydroxylation sites is 1. The van der Waals surface area contributed by atoms with Gasteiger partial charge in [0, 0.05) is 25.3 Å². The van der Waals surface area contributed by atoms with Crippen LogP contribution in [0.5, 0.6) is 0 Å². The average Bonchev–Trinajstić information content (AvgIpc) is 2.92. The van der Waals surface area contributed by atoms with E-state index >= 15 is 0 Å². The highest BCUT2D eigenvalue weighted by Crippen LogP contribution is 2.27. The molecule has 2 rings (SSSR count). The summed E-state index contributed by atoms with van der Waals surface area (Å²) in [4.78, 5) is 18.5. The Morgan fingerprint density at radius 1 is 1.29 bits per heavy atom. The van der Waals surface area contributed by atoms with Gasteiger partial charge in [0.25, 0.3) is 0 Å². The lowest BCUT2D eigenvalue weighted by Gasteiger charge is -2.22. The summed E-state index contributed by atoms with van der Waals surface area (Å²) in [7, 11) is 0. The second-order valence-corrected chi connectivity index (χ2v) is 6.69. The fourth-order valence-electron chi connectivity index (χ4n) is 2.59. The van der Waals surface area contributed by atoms with E-state index in [0.29, 0.717) is 13.1 Å². The van der Waals surface area contributed by atoms with E-state index in [1.807, 2.05) is 26.8 Å². The molecule has 1 aliphatic rings. The standard InChI is InChI=1S/C18H28N4O2/c1-5-19-16(20-11-12-21-17(23)24-18(2,3)4)22-13-10-14-8-6-7-9-15(14)22/h6-9H,5,10-13H2,1-4H3,(H,19,20)(H,21,23). The number of alkyl carbamates (subject to hydrolysis) is 1. The number of nitrogens with one attached hydrogen (secondary N) is 2. The monoisotopic (exact) mass is 332 g/mol. The molecular formula is C18H28N4O2. The normalized spacial score (nSPS) is 14.3. The van der Waals surface area contributed by atoms with Crippen molar-refractivity contribution in [3.63, 3.8) is 0 Å². The molecule has 0 bridgehead atoms. The highest BCUT2D eigenvalue weighted by molar-refractivity contribution is 5.97. The van der Waals surface area contributed by atoms with Gasteiger partial charge in [-0.15, -0.1) is 0 Å². The van der Waals surface area contributed by atoms with Gasteiger partial charge in [0.1, 0.15) is 5.60 Å². The summed E-state index contributed by atoms with van der Waals surface area (Å²) in [6, 6.07) is 8.39. The molecule has 0 aromatic heterocycles. The number of ether oxygens (including phenoxy) is 1. The Morgan fingerprint density at radius 3 is 2.75 bits per heavy atom. The van der Waals surface area contributed by atoms with E-state index in [4.69, 9.17) is 4.74 Å². The number of fused-ring (bicyclic) bond motifs is 1. The van der Waals surface area contributed by atoms with E-state index < -0.39 is 11.7 Å². The van der Waals surface area contributed by atoms with Gasteiger partial charge >= 0.3 is 6.09 Å². The quantitative estimate of drug-likeness (QED) is 0.505. The molecule has 1 heterocycles. The van der Waals surface area contributed by atoms with Gasteiger partial charge in [-0.25, -0.2) is 4.79 Å². The molecule has 6 heteroatoms. The van der Waals surface area contributed by atoms with Gasteiger partial charge in [0.05, 0.1) is 6.54 Å². The van der Waals surface area contributed by atoms with Gasteiger partial charge in [0.15, 0.2) is 5.96 Å². The first-order valence-corrected chi connectivity index (χ1v) is 8.51. The largest absolute Gasteiger partial charge is 0.444 e. The fraction of sp³-hybridized carbons (Fsp3) is 0.556. The van der Waals surface area contributed by atoms with Crippen molar-refractivity contribution in [3.8, 4) is 0 Å². The molecule has 2 N–H and O–H groups in total. The molecule has 1 aromatic rings. The van der Waals surface area contributed by atoms with E-state index in [9.17, 15) is 4.79 Å². The number of hydrogen-bond donors (Lipinski definition) is 2. The van der Waals surface area contributed by atoms with Gasteiger partial charge < -0.3 is 20.3 Å². The topological polar surface area (TPSA) is 66.0 Å². The summed E-state index contributed by atoms with van der Waals surface area (Å²) in [5.74, 6) is 0.855. The number of carbonyl (C=O) groups excluding carboxylic acids is 1. The van der Waals surface area contributed by atoms with Crippen molar-refractivity contribution in [2.45, 2.75) is 39.7 Å². The molecule has 0 unspecified atom stereocenters. The predicted molar refractivity (Wildman–Crippen MR) is 97.7 cm³/mol. The molecule has 132 valence electrons. The Kier molecular flexibility index (Phi) is 6.06. The summed E-state index contributed by atoms with van der Waals surface area (Å²) >= 11 is 0. The third-order valence-corrected chi connectivity index (χ3v) is 3.52. The van der Waals surface area contributed by atoms with Gasteiger partial charge in [-0.3, -0.25) is 4.99 Å². The van der Waals surface area contributed by atoms with Crippen molar-refractivity contribution >= 4 is 17.7 Å². The second-order valence-electron chi connectivity index (χ2n) is 6.69. The minimum Gasteiger partial charge on any atom is -0.444 e. The second kappa shape index (κ2) is 8.04. The van der Waals surface area contributed by atoms with Crippen LogP contribution in [0, 0.1) is 0 Å². The average molecular weight is 332 g/mol. The minimum absolute atomic E-state index is 0.408. The number of amides is 1. The predicted octanol–water partition coefficient (Wildman–Crippen LogP) is 2.54. The summed E-state index contributed by atoms with van der Waals surface area (Å²) in [5, 5.41) is 6.06. The highest BCUT2D eigenvalue weighted by atomic mass is 16.6. The van der Waals surface area contributed by atoms with Crippen LogP contribution in [0.15, 0.2) is 29.3 Å². The fourth-order valence-corrected chi connectivity index (χ4v) is 2.59. The summed E-state index contributed by atoms with van der Waals surface area (Å²) in [5.41, 5.74) is 2.06. The molecule has 0 fully saturated rings. The molecule has 0 spiro atoms. The number of rotatable bonds is 4. The summed E-state index contributed by atoms with van der Waals surface area (Å²) < 4.78 is 5.21. The van der Waals surface area contributed by atoms with Crippen LogP contribution in [0.3, 0.4) is 0 Å². The van der Waals surface area contributed by atoms with Crippen LogP contribution in [0.25, 0.3) is 0 Å². The highest BCUT2D eigenvalue weighted by Gasteiger charge is 2.22. The third-order valence-electron chi connectivity index (χ3n) is 3.52. The summed E-state index contributed by atoms with van der Waals surface area (Å²) in [6.45, 7) is 10.3. The SMILES string of the molecule is CCNC(=NCCNC(=O)OC(C)(C)C)N1CCc2ccccc21. The van der Waals surface area contributed by atoms with Crippen LogP contribution in [0.4, 0.5) is 10.5 Å². The van der Waals surface area contributed by atoms with Crippen molar-refractivity contribution in [1.29, 1.82) is 0 Å². The molecule has 0 atom stereocenters. The van der Waals surface area contributed by atoms with Crippen molar-refractivity contribution in [1.82, 2.24) is 10.6 Å². The van der Waals surface area contributed by atoms with E-state index in [2.05, 4.69) is 45.6 Å². The van der Waals surface area contributed by atoms with E-state index in [0.717, 1.165) is 25.5 Å². The zero-order valence-electron chi connectivity index (χ0n) is 15.1. The van der Waals surface area contributed by atoms with Crippen molar-refractivity contribution in [2.24, 2.45) is 4.99 Å². The number of anilines is 1. The Morgan fingerprint density at radius 2 is 2.04 bits per heavy atom. The minimum atomic E-state index is -0.485. The third kappa shape index (κ3) is 5.15. The van der Waals surface area contributed by atoms with Crippen LogP contribution in [-0.4, -0.2) is 43.8 Å². The van der Waals surface area contributed by atoms with Crippen LogP contribution >= 0.6 is 0 Å². The first-order chi connectivity index (χ1) is 11.4. The molecular weight excluding hydrogens is 304 g/mol. The molecule has 1 aromatic carbocycles. The molecule has 0 saturated carbocycles. The molecule has 0 radical (unpaired) electrons. The molecule has 6 nitrogen and oxygen atoms in total. The Hall–Kier alpha value is -2.24. The van der Waals surface area contributed by atoms with Crippen molar-refractivity contribution in [2.75, 3.05) is 31.1 Å². The maximum absolute atomic E-state index is 11.6. The van der Waals surface area contributed by atoms with Gasteiger partial charge in [-0.2, -0.15) is 0 Å². The first-order valence-electron chi connectivity index (χ1n) is 8.51. The molecule has 24 heavy (non-hydrogen) atoms. The lowest BCUT2D eigenvalue weighted by molar-refractivity contribution is 0.0529. The molecule has 0 saturated heterocycles. The molecule has 1 aliphatic heterocycles. The van der Waals surface area contributed by atoms with Gasteiger partial charge in [-0.05, 0) is 45.7 Å². The van der Waals surface area contributed by atoms with Crippen molar-refractivity contribution < 1.29 is 9.53 Å². The van der Waals surface area contributed by atoms with Gasteiger partial charge in [0.2, 0.25) is 0 Å². The van der Waals surface area contributed by atoms with Crippen LogP contribution < -0.4 is 15.5 Å². The first kappa shape index (κ1) is 18.1. The number of hydrogen-bond acceptors (Lipinski definition) is 3. The molecule has 0 aliphatic carbocycles. The smallest absolute Gasteiger partial charge is 0.407 e.